The molecule has 0 atom stereocenters. The molecule has 0 heterocycles. The SMILES string of the molecule is Nc1cccc(Cl)c1S(=O)(=O)Nc1cccc(Cl)c1Br. The third-order valence-electron chi connectivity index (χ3n) is 2.46. The van der Waals surface area contributed by atoms with Crippen LogP contribution in [0.3, 0.4) is 0 Å². The lowest BCUT2D eigenvalue weighted by Gasteiger charge is -2.13. The summed E-state index contributed by atoms with van der Waals surface area (Å²) in [7, 11) is -3.91. The molecular formula is C12H9BrCl2N2O2S. The van der Waals surface area contributed by atoms with Crippen LogP contribution >= 0.6 is 39.1 Å². The summed E-state index contributed by atoms with van der Waals surface area (Å²) in [5.41, 5.74) is 6.06. The molecule has 0 unspecified atom stereocenters. The minimum absolute atomic E-state index is 0.0515. The molecule has 0 radical (unpaired) electrons. The van der Waals surface area contributed by atoms with Gasteiger partial charge in [0.05, 0.1) is 25.9 Å². The Balaban J connectivity index is 2.50. The highest BCUT2D eigenvalue weighted by atomic mass is 79.9. The standard InChI is InChI=1S/C12H9BrCl2N2O2S/c13-11-7(14)3-2-6-10(11)17-20(18,19)12-8(15)4-1-5-9(12)16/h1-6,17H,16H2. The van der Waals surface area contributed by atoms with Crippen LogP contribution in [0.25, 0.3) is 0 Å². The first-order valence-electron chi connectivity index (χ1n) is 5.34. The lowest BCUT2D eigenvalue weighted by atomic mass is 10.3. The Morgan fingerprint density at radius 2 is 1.65 bits per heavy atom. The van der Waals surface area contributed by atoms with Gasteiger partial charge in [-0.05, 0) is 40.2 Å². The van der Waals surface area contributed by atoms with Crippen LogP contribution in [0.15, 0.2) is 45.8 Å². The molecule has 0 fully saturated rings. The molecule has 0 saturated heterocycles. The second-order valence-corrected chi connectivity index (χ2v) is 7.09. The molecule has 0 spiro atoms. The van der Waals surface area contributed by atoms with E-state index < -0.39 is 10.0 Å². The van der Waals surface area contributed by atoms with E-state index in [9.17, 15) is 8.42 Å². The molecule has 2 aromatic rings. The predicted molar refractivity (Wildman–Crippen MR) is 85.8 cm³/mol. The molecule has 20 heavy (non-hydrogen) atoms. The van der Waals surface area contributed by atoms with Crippen LogP contribution in [0.4, 0.5) is 11.4 Å². The van der Waals surface area contributed by atoms with Crippen LogP contribution < -0.4 is 10.5 Å². The maximum absolute atomic E-state index is 12.4. The largest absolute Gasteiger partial charge is 0.398 e. The third-order valence-corrected chi connectivity index (χ3v) is 5.77. The fraction of sp³-hybridized carbons (Fsp3) is 0. The van der Waals surface area contributed by atoms with Crippen molar-refractivity contribution < 1.29 is 8.42 Å². The molecule has 2 rings (SSSR count). The van der Waals surface area contributed by atoms with Crippen molar-refractivity contribution in [2.45, 2.75) is 4.90 Å². The van der Waals surface area contributed by atoms with Gasteiger partial charge in [-0.1, -0.05) is 35.3 Å². The van der Waals surface area contributed by atoms with Crippen LogP contribution in [-0.4, -0.2) is 8.42 Å². The second kappa shape index (κ2) is 5.81. The van der Waals surface area contributed by atoms with Crippen molar-refractivity contribution >= 4 is 60.5 Å². The number of sulfonamides is 1. The maximum atomic E-state index is 12.4. The van der Waals surface area contributed by atoms with Crippen molar-refractivity contribution in [3.63, 3.8) is 0 Å². The first-order chi connectivity index (χ1) is 9.33. The van der Waals surface area contributed by atoms with E-state index in [-0.39, 0.29) is 15.6 Å². The number of halogens is 3. The fourth-order valence-corrected chi connectivity index (χ4v) is 4.01. The number of hydrogen-bond donors (Lipinski definition) is 2. The molecule has 0 aliphatic carbocycles. The van der Waals surface area contributed by atoms with Gasteiger partial charge < -0.3 is 5.73 Å². The lowest BCUT2D eigenvalue weighted by Crippen LogP contribution is -2.15. The Hall–Kier alpha value is -0.950. The van der Waals surface area contributed by atoms with E-state index in [1.807, 2.05) is 0 Å². The van der Waals surface area contributed by atoms with Gasteiger partial charge in [0.1, 0.15) is 4.90 Å². The molecule has 3 N–H and O–H groups in total. The molecule has 0 aromatic heterocycles. The average molecular weight is 396 g/mol. The van der Waals surface area contributed by atoms with Gasteiger partial charge in [-0.15, -0.1) is 0 Å². The Kier molecular flexibility index (Phi) is 4.49. The number of hydrogen-bond acceptors (Lipinski definition) is 3. The molecule has 0 saturated carbocycles. The molecule has 0 bridgehead atoms. The van der Waals surface area contributed by atoms with Gasteiger partial charge in [0, 0.05) is 0 Å². The molecule has 106 valence electrons. The van der Waals surface area contributed by atoms with Gasteiger partial charge in [0.25, 0.3) is 10.0 Å². The smallest absolute Gasteiger partial charge is 0.265 e. The summed E-state index contributed by atoms with van der Waals surface area (Å²) >= 11 is 15.1. The molecule has 4 nitrogen and oxygen atoms in total. The van der Waals surface area contributed by atoms with E-state index in [4.69, 9.17) is 28.9 Å². The Morgan fingerprint density at radius 3 is 2.30 bits per heavy atom. The minimum atomic E-state index is -3.91. The first-order valence-corrected chi connectivity index (χ1v) is 8.37. The number of anilines is 2. The number of nitrogen functional groups attached to an aromatic ring is 1. The van der Waals surface area contributed by atoms with E-state index in [0.717, 1.165) is 0 Å². The van der Waals surface area contributed by atoms with Crippen molar-refractivity contribution in [2.75, 3.05) is 10.5 Å². The van der Waals surface area contributed by atoms with Crippen LogP contribution in [0.1, 0.15) is 0 Å². The third kappa shape index (κ3) is 3.03. The van der Waals surface area contributed by atoms with E-state index in [1.165, 1.54) is 12.1 Å². The number of rotatable bonds is 3. The average Bonchev–Trinajstić information content (AvgIpc) is 2.34. The summed E-state index contributed by atoms with van der Waals surface area (Å²) < 4.78 is 27.6. The lowest BCUT2D eigenvalue weighted by molar-refractivity contribution is 0.601. The van der Waals surface area contributed by atoms with Crippen LogP contribution in [0.5, 0.6) is 0 Å². The van der Waals surface area contributed by atoms with Gasteiger partial charge in [-0.3, -0.25) is 4.72 Å². The molecule has 8 heteroatoms. The normalized spacial score (nSPS) is 11.3. The van der Waals surface area contributed by atoms with Crippen LogP contribution in [0, 0.1) is 0 Å². The Morgan fingerprint density at radius 1 is 1.05 bits per heavy atom. The zero-order chi connectivity index (χ0) is 14.9. The number of nitrogens with one attached hydrogen (secondary N) is 1. The molecule has 0 aliphatic heterocycles. The van der Waals surface area contributed by atoms with Crippen LogP contribution in [0.2, 0.25) is 10.0 Å². The van der Waals surface area contributed by atoms with Crippen molar-refractivity contribution in [2.24, 2.45) is 0 Å². The second-order valence-electron chi connectivity index (χ2n) is 3.87. The van der Waals surface area contributed by atoms with Gasteiger partial charge in [-0.2, -0.15) is 0 Å². The van der Waals surface area contributed by atoms with Gasteiger partial charge in [0.2, 0.25) is 0 Å². The van der Waals surface area contributed by atoms with E-state index in [0.29, 0.717) is 15.2 Å². The van der Waals surface area contributed by atoms with Crippen molar-refractivity contribution in [3.8, 4) is 0 Å². The van der Waals surface area contributed by atoms with E-state index in [2.05, 4.69) is 20.7 Å². The fourth-order valence-electron chi connectivity index (χ4n) is 1.59. The van der Waals surface area contributed by atoms with E-state index in [1.54, 1.807) is 24.3 Å². The van der Waals surface area contributed by atoms with Crippen LogP contribution in [-0.2, 0) is 10.0 Å². The van der Waals surface area contributed by atoms with Crippen molar-refractivity contribution in [3.05, 3.63) is 50.9 Å². The summed E-state index contributed by atoms with van der Waals surface area (Å²) in [6, 6.07) is 9.33. The van der Waals surface area contributed by atoms with Gasteiger partial charge >= 0.3 is 0 Å². The molecule has 2 aromatic carbocycles. The topological polar surface area (TPSA) is 72.2 Å². The molecule has 0 aliphatic rings. The maximum Gasteiger partial charge on any atom is 0.265 e. The van der Waals surface area contributed by atoms with Gasteiger partial charge in [-0.25, -0.2) is 8.42 Å². The molecular weight excluding hydrogens is 387 g/mol. The number of benzene rings is 2. The van der Waals surface area contributed by atoms with Crippen molar-refractivity contribution in [1.29, 1.82) is 0 Å². The molecule has 0 amide bonds. The highest BCUT2D eigenvalue weighted by Gasteiger charge is 2.22. The highest BCUT2D eigenvalue weighted by molar-refractivity contribution is 9.10. The summed E-state index contributed by atoms with van der Waals surface area (Å²) in [5, 5.41) is 0.438. The van der Waals surface area contributed by atoms with Gasteiger partial charge in [0.15, 0.2) is 0 Å². The Bertz CT molecular complexity index is 746. The van der Waals surface area contributed by atoms with E-state index >= 15 is 0 Å². The summed E-state index contributed by atoms with van der Waals surface area (Å²) in [4.78, 5) is -0.159. The zero-order valence-electron chi connectivity index (χ0n) is 9.90. The zero-order valence-corrected chi connectivity index (χ0v) is 13.8. The first kappa shape index (κ1) is 15.4. The monoisotopic (exact) mass is 394 g/mol. The highest BCUT2D eigenvalue weighted by Crippen LogP contribution is 2.34. The summed E-state index contributed by atoms with van der Waals surface area (Å²) in [6.07, 6.45) is 0. The minimum Gasteiger partial charge on any atom is -0.398 e. The summed E-state index contributed by atoms with van der Waals surface area (Å²) in [5.74, 6) is 0. The Labute approximate surface area is 135 Å². The number of nitrogens with two attached hydrogens (primary N) is 1. The van der Waals surface area contributed by atoms with Crippen molar-refractivity contribution in [1.82, 2.24) is 0 Å². The predicted octanol–water partition coefficient (Wildman–Crippen LogP) is 4.14. The quantitative estimate of drug-likeness (QED) is 0.767. The summed E-state index contributed by atoms with van der Waals surface area (Å²) in [6.45, 7) is 0.